The molecule has 0 radical (unpaired) electrons. The average Bonchev–Trinajstić information content (AvgIpc) is 3.73. The van der Waals surface area contributed by atoms with Crippen LogP contribution in [0, 0.1) is 39.4 Å². The number of carbonyl (C=O) groups is 5. The smallest absolute Gasteiger partial charge is 0.311 e. The minimum Gasteiger partial charge on any atom is -0.464 e. The summed E-state index contributed by atoms with van der Waals surface area (Å²) in [6.45, 7) is 21.3. The van der Waals surface area contributed by atoms with E-state index in [0.29, 0.717) is 13.0 Å². The number of rotatable bonds is 13. The first kappa shape index (κ1) is 36.9. The largest absolute Gasteiger partial charge is 0.464 e. The van der Waals surface area contributed by atoms with Gasteiger partial charge in [0.05, 0.1) is 17.5 Å². The second kappa shape index (κ2) is 12.9. The van der Waals surface area contributed by atoms with Crippen LogP contribution in [0.25, 0.3) is 0 Å². The van der Waals surface area contributed by atoms with Crippen LogP contribution in [0.5, 0.6) is 0 Å². The third kappa shape index (κ3) is 8.83. The number of fused-ring (bicyclic) bond motifs is 1. The third-order valence-corrected chi connectivity index (χ3v) is 9.74. The Bertz CT molecular complexity index is 1160. The highest BCUT2D eigenvalue weighted by atomic mass is 16.5. The molecule has 3 rings (SSSR count). The first-order valence-corrected chi connectivity index (χ1v) is 16.2. The van der Waals surface area contributed by atoms with E-state index in [1.807, 2.05) is 41.5 Å². The van der Waals surface area contributed by atoms with Gasteiger partial charge in [0.1, 0.15) is 12.6 Å². The molecule has 7 atom stereocenters. The highest BCUT2D eigenvalue weighted by molar-refractivity contribution is 6.37. The maximum Gasteiger partial charge on any atom is 0.311 e. The molecule has 0 aromatic carbocycles. The van der Waals surface area contributed by atoms with Gasteiger partial charge in [0.25, 0.3) is 5.91 Å². The predicted molar refractivity (Wildman–Crippen MR) is 169 cm³/mol. The van der Waals surface area contributed by atoms with E-state index in [-0.39, 0.29) is 41.7 Å². The van der Waals surface area contributed by atoms with Crippen LogP contribution in [-0.4, -0.2) is 83.2 Å². The van der Waals surface area contributed by atoms with E-state index in [1.54, 1.807) is 25.7 Å². The van der Waals surface area contributed by atoms with E-state index in [1.165, 1.54) is 0 Å². The first-order valence-electron chi connectivity index (χ1n) is 16.2. The highest BCUT2D eigenvalue weighted by Crippen LogP contribution is 2.65. The Hall–Kier alpha value is -2.57. The predicted octanol–water partition coefficient (Wildman–Crippen LogP) is 1.68. The number of hydrogen-bond acceptors (Lipinski definition) is 9. The number of primary amides is 1. The number of ether oxygens (including phenoxy) is 1. The molecule has 256 valence electrons. The fraction of sp³-hybridized carbons (Fsp3) is 0.848. The molecule has 0 spiro atoms. The van der Waals surface area contributed by atoms with Gasteiger partial charge in [0.2, 0.25) is 17.6 Å². The Kier molecular flexibility index (Phi) is 10.6. The number of aliphatic hydroxyl groups is 1. The average molecular weight is 636 g/mol. The van der Waals surface area contributed by atoms with Crippen molar-refractivity contribution in [3.63, 3.8) is 0 Å². The summed E-state index contributed by atoms with van der Waals surface area (Å²) in [4.78, 5) is 66.5. The van der Waals surface area contributed by atoms with Crippen LogP contribution in [0.4, 0.5) is 0 Å². The van der Waals surface area contributed by atoms with Crippen LogP contribution in [0.1, 0.15) is 95.4 Å². The van der Waals surface area contributed by atoms with E-state index in [9.17, 15) is 29.1 Å². The normalized spacial score (nSPS) is 25.4. The van der Waals surface area contributed by atoms with Crippen molar-refractivity contribution in [2.45, 2.75) is 126 Å². The van der Waals surface area contributed by atoms with E-state index in [0.717, 1.165) is 12.8 Å². The number of carbonyl (C=O) groups excluding carboxylic acids is 5. The lowest BCUT2D eigenvalue weighted by Gasteiger charge is -2.40. The summed E-state index contributed by atoms with van der Waals surface area (Å²) in [5, 5.41) is 20.1. The Balaban J connectivity index is 1.79. The van der Waals surface area contributed by atoms with Crippen molar-refractivity contribution in [1.29, 1.82) is 0 Å². The van der Waals surface area contributed by atoms with Crippen molar-refractivity contribution in [3.8, 4) is 0 Å². The van der Waals surface area contributed by atoms with Gasteiger partial charge in [-0.1, -0.05) is 68.2 Å². The molecule has 0 aromatic heterocycles. The van der Waals surface area contributed by atoms with Gasteiger partial charge < -0.3 is 25.8 Å². The SMILES string of the molecule is CC(C)(C)C(=O)OC[C@@H](NC(O)N[C@H](C(=O)N1CC2[C@@H](C1C(=O)NC(CC1CC1)C(=O)C(N)=O)C2(C)C)C(C)(C)C)C(C)(C)C. The van der Waals surface area contributed by atoms with Crippen molar-refractivity contribution in [2.24, 2.45) is 45.1 Å². The zero-order valence-electron chi connectivity index (χ0n) is 29.1. The quantitative estimate of drug-likeness (QED) is 0.114. The lowest BCUT2D eigenvalue weighted by Crippen LogP contribution is -2.64. The van der Waals surface area contributed by atoms with Gasteiger partial charge in [-0.3, -0.25) is 34.6 Å². The molecule has 1 saturated heterocycles. The maximum absolute atomic E-state index is 14.3. The van der Waals surface area contributed by atoms with Gasteiger partial charge in [-0.05, 0) is 61.2 Å². The molecule has 12 heteroatoms. The molecule has 4 unspecified atom stereocenters. The van der Waals surface area contributed by atoms with E-state index in [2.05, 4.69) is 29.8 Å². The fourth-order valence-corrected chi connectivity index (χ4v) is 6.34. The summed E-state index contributed by atoms with van der Waals surface area (Å²) < 4.78 is 5.55. The number of Topliss-reactive ketones (excluding diaryl/α,β-unsaturated/α-hetero) is 1. The van der Waals surface area contributed by atoms with Crippen molar-refractivity contribution in [1.82, 2.24) is 20.9 Å². The summed E-state index contributed by atoms with van der Waals surface area (Å²) in [5.41, 5.74) is 3.37. The summed E-state index contributed by atoms with van der Waals surface area (Å²) >= 11 is 0. The fourth-order valence-electron chi connectivity index (χ4n) is 6.34. The number of nitrogens with two attached hydrogens (primary N) is 1. The summed E-state index contributed by atoms with van der Waals surface area (Å²) in [7, 11) is 0. The van der Waals surface area contributed by atoms with Crippen LogP contribution in [0.15, 0.2) is 0 Å². The monoisotopic (exact) mass is 635 g/mol. The molecule has 3 fully saturated rings. The molecule has 0 aromatic rings. The highest BCUT2D eigenvalue weighted by Gasteiger charge is 2.70. The number of nitrogens with one attached hydrogen (secondary N) is 3. The van der Waals surface area contributed by atoms with Crippen LogP contribution in [0.3, 0.4) is 0 Å². The lowest BCUT2D eigenvalue weighted by molar-refractivity contribution is -0.155. The van der Waals surface area contributed by atoms with Crippen molar-refractivity contribution >= 4 is 29.5 Å². The lowest BCUT2D eigenvalue weighted by atomic mass is 9.85. The molecule has 0 bridgehead atoms. The number of likely N-dealkylation sites (tertiary alicyclic amines) is 1. The number of amides is 3. The molecule has 3 aliphatic rings. The molecule has 2 aliphatic carbocycles. The molecule has 45 heavy (non-hydrogen) atoms. The number of esters is 1. The van der Waals surface area contributed by atoms with Gasteiger partial charge in [-0.25, -0.2) is 0 Å². The second-order valence-corrected chi connectivity index (χ2v) is 17.2. The van der Waals surface area contributed by atoms with Crippen molar-refractivity contribution in [2.75, 3.05) is 13.2 Å². The number of ketones is 1. The van der Waals surface area contributed by atoms with Crippen LogP contribution in [0.2, 0.25) is 0 Å². The minimum absolute atomic E-state index is 0.0192. The molecule has 1 heterocycles. The molecule has 12 nitrogen and oxygen atoms in total. The van der Waals surface area contributed by atoms with Gasteiger partial charge in [-0.15, -0.1) is 0 Å². The molecular formula is C33H57N5O7. The van der Waals surface area contributed by atoms with Crippen LogP contribution >= 0.6 is 0 Å². The van der Waals surface area contributed by atoms with E-state index in [4.69, 9.17) is 10.5 Å². The Morgan fingerprint density at radius 1 is 0.956 bits per heavy atom. The van der Waals surface area contributed by atoms with Gasteiger partial charge in [0.15, 0.2) is 6.35 Å². The zero-order chi connectivity index (χ0) is 34.4. The van der Waals surface area contributed by atoms with Crippen LogP contribution in [-0.2, 0) is 28.7 Å². The number of aliphatic hydroxyl groups excluding tert-OH is 1. The Morgan fingerprint density at radius 3 is 2.00 bits per heavy atom. The number of piperidine rings is 1. The van der Waals surface area contributed by atoms with Crippen LogP contribution < -0.4 is 21.7 Å². The van der Waals surface area contributed by atoms with Crippen molar-refractivity contribution < 1.29 is 33.8 Å². The first-order chi connectivity index (χ1) is 20.4. The second-order valence-electron chi connectivity index (χ2n) is 17.2. The van der Waals surface area contributed by atoms with E-state index >= 15 is 0 Å². The topological polar surface area (TPSA) is 180 Å². The summed E-state index contributed by atoms with van der Waals surface area (Å²) in [6, 6.07) is -3.21. The molecule has 1 aliphatic heterocycles. The molecular weight excluding hydrogens is 578 g/mol. The standard InChI is InChI=1S/C33H57N5O7/c1-30(2,3)20(16-45-28(43)32(7,8)9)36-29(44)37-24(31(4,5)6)27(42)38-15-18-21(33(18,10)11)22(38)26(41)35-19(14-17-12-13-17)23(39)25(34)40/h17-22,24,29,36-37,44H,12-16H2,1-11H3,(H2,34,40)(H,35,41)/t18?,19?,20-,21+,22?,24-,29?/m1/s1. The van der Waals surface area contributed by atoms with Crippen molar-refractivity contribution in [3.05, 3.63) is 0 Å². The number of hydrogen-bond donors (Lipinski definition) is 5. The van der Waals surface area contributed by atoms with Gasteiger partial charge >= 0.3 is 5.97 Å². The van der Waals surface area contributed by atoms with E-state index < -0.39 is 64.4 Å². The summed E-state index contributed by atoms with van der Waals surface area (Å²) in [6.07, 6.45) is 0.853. The Morgan fingerprint density at radius 2 is 1.53 bits per heavy atom. The van der Waals surface area contributed by atoms with Gasteiger partial charge in [0, 0.05) is 12.6 Å². The van der Waals surface area contributed by atoms with Gasteiger partial charge in [-0.2, -0.15) is 0 Å². The maximum atomic E-state index is 14.3. The molecule has 6 N–H and O–H groups in total. The number of nitrogens with zero attached hydrogens (tertiary/aromatic N) is 1. The zero-order valence-corrected chi connectivity index (χ0v) is 29.1. The molecule has 2 saturated carbocycles. The third-order valence-electron chi connectivity index (χ3n) is 9.74. The molecule has 3 amide bonds. The minimum atomic E-state index is -1.34. The summed E-state index contributed by atoms with van der Waals surface area (Å²) in [5.74, 6) is -2.87. The Labute approximate surface area is 268 Å².